The van der Waals surface area contributed by atoms with Crippen LogP contribution < -0.4 is 5.32 Å². The van der Waals surface area contributed by atoms with Crippen LogP contribution in [0.1, 0.15) is 44.4 Å². The molecule has 0 unspecified atom stereocenters. The fourth-order valence-corrected chi connectivity index (χ4v) is 2.77. The molecule has 1 aliphatic rings. The molecule has 0 aromatic heterocycles. The summed E-state index contributed by atoms with van der Waals surface area (Å²) in [6.45, 7) is 9.40. The molecule has 5 heteroatoms. The Kier molecular flexibility index (Phi) is 5.65. The highest BCUT2D eigenvalue weighted by atomic mass is 16.6. The predicted octanol–water partition coefficient (Wildman–Crippen LogP) is 2.63. The van der Waals surface area contributed by atoms with Crippen molar-refractivity contribution >= 4 is 6.09 Å². The van der Waals surface area contributed by atoms with Crippen molar-refractivity contribution in [1.82, 2.24) is 10.2 Å². The molecule has 1 heterocycles. The average Bonchev–Trinajstić information content (AvgIpc) is 2.92. The third-order valence-corrected chi connectivity index (χ3v) is 3.99. The van der Waals surface area contributed by atoms with Crippen molar-refractivity contribution in [2.75, 3.05) is 19.6 Å². The molecule has 1 fully saturated rings. The second kappa shape index (κ2) is 7.32. The van der Waals surface area contributed by atoms with Crippen LogP contribution >= 0.6 is 0 Å². The van der Waals surface area contributed by atoms with Crippen molar-refractivity contribution in [2.45, 2.75) is 51.9 Å². The summed E-state index contributed by atoms with van der Waals surface area (Å²) < 4.78 is 5.39. The molecule has 128 valence electrons. The monoisotopic (exact) mass is 320 g/mol. The molecule has 0 spiro atoms. The van der Waals surface area contributed by atoms with E-state index in [1.54, 1.807) is 4.90 Å². The second-order valence-corrected chi connectivity index (χ2v) is 7.19. The Bertz CT molecular complexity index is 539. The number of nitrogens with zero attached hydrogens (tertiary/aromatic N) is 1. The molecule has 1 aromatic carbocycles. The highest BCUT2D eigenvalue weighted by Crippen LogP contribution is 2.18. The number of carbonyl (C=O) groups excluding carboxylic acids is 1. The lowest BCUT2D eigenvalue weighted by Gasteiger charge is -2.24. The van der Waals surface area contributed by atoms with Crippen LogP contribution in [0.15, 0.2) is 24.3 Å². The van der Waals surface area contributed by atoms with E-state index in [1.165, 1.54) is 0 Å². The van der Waals surface area contributed by atoms with Gasteiger partial charge in [0, 0.05) is 25.7 Å². The van der Waals surface area contributed by atoms with E-state index in [2.05, 4.69) is 5.32 Å². The van der Waals surface area contributed by atoms with Crippen molar-refractivity contribution in [3.05, 3.63) is 35.4 Å². The maximum atomic E-state index is 12.0. The first-order valence-corrected chi connectivity index (χ1v) is 8.21. The van der Waals surface area contributed by atoms with Gasteiger partial charge in [-0.15, -0.1) is 0 Å². The molecule has 0 radical (unpaired) electrons. The highest BCUT2D eigenvalue weighted by Gasteiger charge is 2.29. The molecular weight excluding hydrogens is 292 g/mol. The van der Waals surface area contributed by atoms with Gasteiger partial charge in [-0.1, -0.05) is 24.3 Å². The molecule has 0 saturated carbocycles. The smallest absolute Gasteiger partial charge is 0.410 e. The number of benzene rings is 1. The first-order chi connectivity index (χ1) is 10.8. The van der Waals surface area contributed by atoms with Gasteiger partial charge in [0.05, 0.1) is 6.10 Å². The van der Waals surface area contributed by atoms with Gasteiger partial charge in [0.2, 0.25) is 0 Å². The minimum absolute atomic E-state index is 0.196. The molecule has 1 amide bonds. The van der Waals surface area contributed by atoms with E-state index < -0.39 is 11.7 Å². The Morgan fingerprint density at radius 2 is 2.13 bits per heavy atom. The fourth-order valence-electron chi connectivity index (χ4n) is 2.77. The van der Waals surface area contributed by atoms with Gasteiger partial charge in [0.15, 0.2) is 0 Å². The first-order valence-electron chi connectivity index (χ1n) is 8.21. The maximum Gasteiger partial charge on any atom is 0.410 e. The largest absolute Gasteiger partial charge is 0.444 e. The maximum absolute atomic E-state index is 12.0. The van der Waals surface area contributed by atoms with E-state index >= 15 is 0 Å². The van der Waals surface area contributed by atoms with Crippen LogP contribution in [0.3, 0.4) is 0 Å². The number of likely N-dealkylation sites (tertiary alicyclic amines) is 1. The Balaban J connectivity index is 1.80. The quantitative estimate of drug-likeness (QED) is 0.895. The molecular formula is C18H28N2O3. The normalized spacial score (nSPS) is 19.7. The average molecular weight is 320 g/mol. The van der Waals surface area contributed by atoms with Crippen molar-refractivity contribution in [3.8, 4) is 0 Å². The summed E-state index contributed by atoms with van der Waals surface area (Å²) in [5.74, 6) is 0. The number of rotatable bonds is 4. The fraction of sp³-hybridized carbons (Fsp3) is 0.611. The number of amides is 1. The van der Waals surface area contributed by atoms with Gasteiger partial charge in [0.25, 0.3) is 0 Å². The standard InChI is InChI=1S/C18H28N2O3/c1-13-7-5-6-8-15(13)16(21)11-19-14-9-10-20(12-14)17(22)23-18(2,3)4/h5-8,14,16,19,21H,9-12H2,1-4H3/t14-,16-/m0/s1. The Morgan fingerprint density at radius 1 is 1.43 bits per heavy atom. The van der Waals surface area contributed by atoms with Crippen LogP contribution in [0.4, 0.5) is 4.79 Å². The minimum Gasteiger partial charge on any atom is -0.444 e. The number of aryl methyl sites for hydroxylation is 1. The minimum atomic E-state index is -0.535. The molecule has 0 bridgehead atoms. The summed E-state index contributed by atoms with van der Waals surface area (Å²) in [7, 11) is 0. The molecule has 2 rings (SSSR count). The number of aliphatic hydroxyl groups excluding tert-OH is 1. The topological polar surface area (TPSA) is 61.8 Å². The van der Waals surface area contributed by atoms with E-state index in [0.29, 0.717) is 19.6 Å². The van der Waals surface area contributed by atoms with Crippen molar-refractivity contribution < 1.29 is 14.6 Å². The van der Waals surface area contributed by atoms with Gasteiger partial charge < -0.3 is 20.1 Å². The van der Waals surface area contributed by atoms with E-state index in [9.17, 15) is 9.90 Å². The molecule has 2 N–H and O–H groups in total. The first kappa shape index (κ1) is 17.8. The molecule has 1 aliphatic heterocycles. The Morgan fingerprint density at radius 3 is 2.78 bits per heavy atom. The van der Waals surface area contributed by atoms with Crippen LogP contribution in [-0.4, -0.2) is 47.4 Å². The van der Waals surface area contributed by atoms with Crippen LogP contribution in [0, 0.1) is 6.92 Å². The Hall–Kier alpha value is -1.59. The molecule has 1 aromatic rings. The summed E-state index contributed by atoms with van der Waals surface area (Å²) in [5, 5.41) is 13.7. The molecule has 0 aliphatic carbocycles. The number of carbonyl (C=O) groups is 1. The van der Waals surface area contributed by atoms with E-state index in [4.69, 9.17) is 4.74 Å². The van der Waals surface area contributed by atoms with E-state index in [0.717, 1.165) is 17.5 Å². The van der Waals surface area contributed by atoms with Crippen LogP contribution in [-0.2, 0) is 4.74 Å². The van der Waals surface area contributed by atoms with Gasteiger partial charge in [-0.05, 0) is 45.2 Å². The number of ether oxygens (including phenoxy) is 1. The summed E-state index contributed by atoms with van der Waals surface area (Å²) in [6, 6.07) is 8.04. The lowest BCUT2D eigenvalue weighted by Crippen LogP contribution is -2.39. The summed E-state index contributed by atoms with van der Waals surface area (Å²) >= 11 is 0. The number of hydrogen-bond donors (Lipinski definition) is 2. The SMILES string of the molecule is Cc1ccccc1[C@@H](O)CN[C@H]1CCN(C(=O)OC(C)(C)C)C1. The summed E-state index contributed by atoms with van der Waals surface area (Å²) in [4.78, 5) is 13.8. The predicted molar refractivity (Wildman–Crippen MR) is 90.4 cm³/mol. The second-order valence-electron chi connectivity index (χ2n) is 7.19. The molecule has 1 saturated heterocycles. The molecule has 2 atom stereocenters. The zero-order valence-electron chi connectivity index (χ0n) is 14.5. The van der Waals surface area contributed by atoms with Gasteiger partial charge >= 0.3 is 6.09 Å². The van der Waals surface area contributed by atoms with Crippen LogP contribution in [0.2, 0.25) is 0 Å². The lowest BCUT2D eigenvalue weighted by atomic mass is 10.0. The van der Waals surface area contributed by atoms with Crippen molar-refractivity contribution in [1.29, 1.82) is 0 Å². The summed E-state index contributed by atoms with van der Waals surface area (Å²) in [5.41, 5.74) is 1.56. The zero-order valence-corrected chi connectivity index (χ0v) is 14.5. The van der Waals surface area contributed by atoms with Gasteiger partial charge in [-0.3, -0.25) is 0 Å². The van der Waals surface area contributed by atoms with Crippen molar-refractivity contribution in [2.24, 2.45) is 0 Å². The molecule has 23 heavy (non-hydrogen) atoms. The van der Waals surface area contributed by atoms with E-state index in [-0.39, 0.29) is 12.1 Å². The van der Waals surface area contributed by atoms with Crippen molar-refractivity contribution in [3.63, 3.8) is 0 Å². The Labute approximate surface area is 138 Å². The zero-order chi connectivity index (χ0) is 17.0. The van der Waals surface area contributed by atoms with E-state index in [1.807, 2.05) is 52.0 Å². The molecule has 5 nitrogen and oxygen atoms in total. The third-order valence-electron chi connectivity index (χ3n) is 3.99. The highest BCUT2D eigenvalue weighted by molar-refractivity contribution is 5.68. The van der Waals surface area contributed by atoms with Crippen LogP contribution in [0.25, 0.3) is 0 Å². The summed E-state index contributed by atoms with van der Waals surface area (Å²) in [6.07, 6.45) is 0.0766. The lowest BCUT2D eigenvalue weighted by molar-refractivity contribution is 0.0290. The number of hydrogen-bond acceptors (Lipinski definition) is 4. The van der Waals surface area contributed by atoms with Gasteiger partial charge in [-0.2, -0.15) is 0 Å². The number of nitrogens with one attached hydrogen (secondary N) is 1. The number of aliphatic hydroxyl groups is 1. The van der Waals surface area contributed by atoms with Gasteiger partial charge in [0.1, 0.15) is 5.60 Å². The third kappa shape index (κ3) is 5.22. The van der Waals surface area contributed by atoms with Crippen LogP contribution in [0.5, 0.6) is 0 Å². The van der Waals surface area contributed by atoms with Gasteiger partial charge in [-0.25, -0.2) is 4.79 Å².